The summed E-state index contributed by atoms with van der Waals surface area (Å²) in [4.78, 5) is 23.7. The second-order valence-corrected chi connectivity index (χ2v) is 6.07. The Balaban J connectivity index is 1.65. The molecule has 28 heavy (non-hydrogen) atoms. The molecular weight excluding hydrogens is 362 g/mol. The Morgan fingerprint density at radius 2 is 1.57 bits per heavy atom. The van der Waals surface area contributed by atoms with E-state index in [1.54, 1.807) is 48.5 Å². The van der Waals surface area contributed by atoms with E-state index in [0.717, 1.165) is 0 Å². The number of para-hydroxylation sites is 1. The van der Waals surface area contributed by atoms with Gasteiger partial charge in [0.15, 0.2) is 0 Å². The monoisotopic (exact) mass is 387 g/mol. The van der Waals surface area contributed by atoms with Gasteiger partial charge in [0.25, 0.3) is 5.91 Å². The summed E-state index contributed by atoms with van der Waals surface area (Å²) in [5, 5.41) is 27.1. The lowest BCUT2D eigenvalue weighted by molar-refractivity contribution is -0.0284. The standard InChI is InChI=1S/C20H25N3O5/c24-13-18(12-22-20(27)23-16-9-5-2-6-10-16)28-14-17(25)11-21-19(26)15-7-3-1-4-8-15/h1-10,17-18,24-25H,11-14H2,(H,21,26)(H2,22,23,27)/t17-,18+/m0/s1. The summed E-state index contributed by atoms with van der Waals surface area (Å²) in [7, 11) is 0. The van der Waals surface area contributed by atoms with E-state index in [2.05, 4.69) is 16.0 Å². The number of aliphatic hydroxyl groups excluding tert-OH is 2. The Morgan fingerprint density at radius 1 is 0.929 bits per heavy atom. The topological polar surface area (TPSA) is 120 Å². The van der Waals surface area contributed by atoms with Gasteiger partial charge in [0.1, 0.15) is 0 Å². The molecule has 0 saturated carbocycles. The number of ether oxygens (including phenoxy) is 1. The van der Waals surface area contributed by atoms with Gasteiger partial charge in [0.05, 0.1) is 25.4 Å². The highest BCUT2D eigenvalue weighted by molar-refractivity contribution is 5.94. The van der Waals surface area contributed by atoms with E-state index in [4.69, 9.17) is 4.74 Å². The van der Waals surface area contributed by atoms with Crippen LogP contribution in [-0.4, -0.2) is 60.7 Å². The molecule has 5 N–H and O–H groups in total. The van der Waals surface area contributed by atoms with Crippen LogP contribution in [-0.2, 0) is 4.74 Å². The molecule has 0 aromatic heterocycles. The predicted octanol–water partition coefficient (Wildman–Crippen LogP) is 0.976. The highest BCUT2D eigenvalue weighted by Gasteiger charge is 2.14. The van der Waals surface area contributed by atoms with E-state index in [9.17, 15) is 19.8 Å². The maximum atomic E-state index is 11.9. The lowest BCUT2D eigenvalue weighted by Crippen LogP contribution is -2.40. The molecule has 0 fully saturated rings. The predicted molar refractivity (Wildman–Crippen MR) is 105 cm³/mol. The second kappa shape index (κ2) is 11.7. The molecule has 0 aliphatic carbocycles. The Bertz CT molecular complexity index is 727. The molecule has 2 aromatic carbocycles. The minimum absolute atomic E-state index is 0.00774. The van der Waals surface area contributed by atoms with Crippen LogP contribution in [0.1, 0.15) is 10.4 Å². The summed E-state index contributed by atoms with van der Waals surface area (Å²) in [6.45, 7) is -0.344. The van der Waals surface area contributed by atoms with Gasteiger partial charge in [-0.25, -0.2) is 4.79 Å². The van der Waals surface area contributed by atoms with Crippen molar-refractivity contribution in [1.29, 1.82) is 0 Å². The number of carbonyl (C=O) groups is 2. The highest BCUT2D eigenvalue weighted by Crippen LogP contribution is 2.04. The fourth-order valence-corrected chi connectivity index (χ4v) is 2.29. The minimum Gasteiger partial charge on any atom is -0.394 e. The number of rotatable bonds is 10. The third kappa shape index (κ3) is 7.75. The van der Waals surface area contributed by atoms with Crippen LogP contribution in [0.4, 0.5) is 10.5 Å². The molecule has 150 valence electrons. The quantitative estimate of drug-likeness (QED) is 0.416. The maximum Gasteiger partial charge on any atom is 0.319 e. The van der Waals surface area contributed by atoms with Gasteiger partial charge >= 0.3 is 6.03 Å². The van der Waals surface area contributed by atoms with Gasteiger partial charge in [-0.05, 0) is 24.3 Å². The molecule has 0 unspecified atom stereocenters. The first-order chi connectivity index (χ1) is 13.6. The second-order valence-electron chi connectivity index (χ2n) is 6.07. The highest BCUT2D eigenvalue weighted by atomic mass is 16.5. The van der Waals surface area contributed by atoms with Gasteiger partial charge in [0.2, 0.25) is 0 Å². The molecule has 0 heterocycles. The lowest BCUT2D eigenvalue weighted by Gasteiger charge is -2.19. The van der Waals surface area contributed by atoms with Crippen molar-refractivity contribution in [3.05, 3.63) is 66.2 Å². The summed E-state index contributed by atoms with van der Waals surface area (Å²) < 4.78 is 5.40. The number of hydrogen-bond donors (Lipinski definition) is 5. The molecule has 0 bridgehead atoms. The van der Waals surface area contributed by atoms with Crippen LogP contribution in [0.3, 0.4) is 0 Å². The number of amides is 3. The summed E-state index contributed by atoms with van der Waals surface area (Å²) in [6.07, 6.45) is -1.62. The molecule has 8 heteroatoms. The van der Waals surface area contributed by atoms with Gasteiger partial charge in [-0.1, -0.05) is 36.4 Å². The number of urea groups is 1. The largest absolute Gasteiger partial charge is 0.394 e. The number of anilines is 1. The van der Waals surface area contributed by atoms with E-state index in [1.807, 2.05) is 12.1 Å². The van der Waals surface area contributed by atoms with Crippen LogP contribution in [0.15, 0.2) is 60.7 Å². The number of benzene rings is 2. The smallest absolute Gasteiger partial charge is 0.319 e. The van der Waals surface area contributed by atoms with E-state index < -0.39 is 18.2 Å². The third-order valence-electron chi connectivity index (χ3n) is 3.78. The fourth-order valence-electron chi connectivity index (χ4n) is 2.29. The van der Waals surface area contributed by atoms with Crippen molar-refractivity contribution in [2.45, 2.75) is 12.2 Å². The van der Waals surface area contributed by atoms with Crippen LogP contribution in [0.25, 0.3) is 0 Å². The average Bonchev–Trinajstić information content (AvgIpc) is 2.73. The normalized spacial score (nSPS) is 12.6. The first-order valence-corrected chi connectivity index (χ1v) is 8.92. The van der Waals surface area contributed by atoms with Gasteiger partial charge in [-0.15, -0.1) is 0 Å². The molecule has 0 aliphatic rings. The van der Waals surface area contributed by atoms with Crippen LogP contribution in [0.2, 0.25) is 0 Å². The molecule has 3 amide bonds. The number of carbonyl (C=O) groups excluding carboxylic acids is 2. The number of aliphatic hydroxyl groups is 2. The van der Waals surface area contributed by atoms with Gasteiger partial charge in [-0.3, -0.25) is 4.79 Å². The fraction of sp³-hybridized carbons (Fsp3) is 0.300. The number of nitrogens with one attached hydrogen (secondary N) is 3. The van der Waals surface area contributed by atoms with Crippen LogP contribution < -0.4 is 16.0 Å². The van der Waals surface area contributed by atoms with E-state index in [1.165, 1.54) is 0 Å². The Kier molecular flexibility index (Phi) is 8.93. The van der Waals surface area contributed by atoms with Crippen LogP contribution in [0.5, 0.6) is 0 Å². The minimum atomic E-state index is -0.945. The zero-order valence-electron chi connectivity index (χ0n) is 15.4. The molecule has 0 saturated heterocycles. The third-order valence-corrected chi connectivity index (χ3v) is 3.78. The number of hydrogen-bond acceptors (Lipinski definition) is 5. The van der Waals surface area contributed by atoms with Crippen molar-refractivity contribution in [3.63, 3.8) is 0 Å². The molecule has 2 rings (SSSR count). The van der Waals surface area contributed by atoms with Gasteiger partial charge in [-0.2, -0.15) is 0 Å². The van der Waals surface area contributed by atoms with Crippen molar-refractivity contribution < 1.29 is 24.5 Å². The maximum absolute atomic E-state index is 11.9. The summed E-state index contributed by atoms with van der Waals surface area (Å²) in [5.74, 6) is -0.294. The molecule has 2 atom stereocenters. The van der Waals surface area contributed by atoms with Crippen molar-refractivity contribution in [3.8, 4) is 0 Å². The van der Waals surface area contributed by atoms with Crippen LogP contribution in [0, 0.1) is 0 Å². The van der Waals surface area contributed by atoms with Crippen molar-refractivity contribution >= 4 is 17.6 Å². The summed E-state index contributed by atoms with van der Waals surface area (Å²) in [5.41, 5.74) is 1.14. The molecule has 0 spiro atoms. The molecule has 2 aromatic rings. The van der Waals surface area contributed by atoms with Gasteiger partial charge in [0, 0.05) is 24.3 Å². The first kappa shape index (κ1) is 21.4. The zero-order valence-corrected chi connectivity index (χ0v) is 15.4. The Hall–Kier alpha value is -2.94. The van der Waals surface area contributed by atoms with Crippen LogP contribution >= 0.6 is 0 Å². The van der Waals surface area contributed by atoms with E-state index in [-0.39, 0.29) is 32.2 Å². The average molecular weight is 387 g/mol. The summed E-state index contributed by atoms with van der Waals surface area (Å²) >= 11 is 0. The lowest BCUT2D eigenvalue weighted by atomic mass is 10.2. The molecular formula is C20H25N3O5. The molecule has 0 radical (unpaired) electrons. The Morgan fingerprint density at radius 3 is 2.21 bits per heavy atom. The zero-order chi connectivity index (χ0) is 20.2. The SMILES string of the molecule is O=C(NC[C@H](CO)OC[C@@H](O)CNC(=O)c1ccccc1)Nc1ccccc1. The first-order valence-electron chi connectivity index (χ1n) is 8.92. The Labute approximate surface area is 163 Å². The van der Waals surface area contributed by atoms with Gasteiger partial charge < -0.3 is 30.9 Å². The van der Waals surface area contributed by atoms with E-state index in [0.29, 0.717) is 11.3 Å². The molecule has 8 nitrogen and oxygen atoms in total. The molecule has 0 aliphatic heterocycles. The van der Waals surface area contributed by atoms with Crippen molar-refractivity contribution in [1.82, 2.24) is 10.6 Å². The van der Waals surface area contributed by atoms with Crippen molar-refractivity contribution in [2.75, 3.05) is 31.6 Å². The summed E-state index contributed by atoms with van der Waals surface area (Å²) in [6, 6.07) is 17.2. The van der Waals surface area contributed by atoms with Crippen molar-refractivity contribution in [2.24, 2.45) is 0 Å². The van der Waals surface area contributed by atoms with E-state index >= 15 is 0 Å².